The van der Waals surface area contributed by atoms with Crippen LogP contribution in [0.4, 0.5) is 0 Å². The SMILES string of the molecule is CCOc1ccc(CC(CNC(=O)c2ccnn2C2CCCC2)C(=O)O)cc1. The Labute approximate surface area is 164 Å². The van der Waals surface area contributed by atoms with Crippen molar-refractivity contribution in [3.05, 3.63) is 47.8 Å². The lowest BCUT2D eigenvalue weighted by Gasteiger charge is -2.16. The van der Waals surface area contributed by atoms with Crippen molar-refractivity contribution in [1.29, 1.82) is 0 Å². The molecule has 1 heterocycles. The van der Waals surface area contributed by atoms with E-state index in [1.807, 2.05) is 31.2 Å². The summed E-state index contributed by atoms with van der Waals surface area (Å²) in [5.41, 5.74) is 1.39. The van der Waals surface area contributed by atoms with Gasteiger partial charge in [-0.15, -0.1) is 0 Å². The molecule has 0 spiro atoms. The van der Waals surface area contributed by atoms with Crippen molar-refractivity contribution in [1.82, 2.24) is 15.1 Å². The van der Waals surface area contributed by atoms with Crippen molar-refractivity contribution in [2.45, 2.75) is 45.1 Å². The van der Waals surface area contributed by atoms with Crippen LogP contribution in [0.3, 0.4) is 0 Å². The average Bonchev–Trinajstić information content (AvgIpc) is 3.37. The third kappa shape index (κ3) is 4.91. The molecule has 1 saturated carbocycles. The summed E-state index contributed by atoms with van der Waals surface area (Å²) in [4.78, 5) is 24.3. The van der Waals surface area contributed by atoms with Crippen molar-refractivity contribution in [2.75, 3.05) is 13.2 Å². The van der Waals surface area contributed by atoms with Gasteiger partial charge in [-0.05, 0) is 49.9 Å². The van der Waals surface area contributed by atoms with E-state index in [1.54, 1.807) is 16.9 Å². The van der Waals surface area contributed by atoms with Gasteiger partial charge in [-0.25, -0.2) is 0 Å². The van der Waals surface area contributed by atoms with Crippen LogP contribution in [-0.2, 0) is 11.2 Å². The zero-order chi connectivity index (χ0) is 19.9. The molecule has 0 aliphatic heterocycles. The maximum Gasteiger partial charge on any atom is 0.308 e. The number of nitrogens with one attached hydrogen (secondary N) is 1. The molecule has 0 radical (unpaired) electrons. The first-order chi connectivity index (χ1) is 13.6. The minimum Gasteiger partial charge on any atom is -0.494 e. The summed E-state index contributed by atoms with van der Waals surface area (Å²) in [5, 5.41) is 16.6. The Balaban J connectivity index is 1.60. The van der Waals surface area contributed by atoms with Gasteiger partial charge >= 0.3 is 5.97 Å². The van der Waals surface area contributed by atoms with E-state index >= 15 is 0 Å². The Morgan fingerprint density at radius 1 is 1.25 bits per heavy atom. The molecule has 1 aliphatic carbocycles. The van der Waals surface area contributed by atoms with Gasteiger partial charge in [-0.3, -0.25) is 14.3 Å². The Morgan fingerprint density at radius 2 is 1.96 bits per heavy atom. The van der Waals surface area contributed by atoms with Crippen LogP contribution in [0.5, 0.6) is 5.75 Å². The van der Waals surface area contributed by atoms with E-state index in [-0.39, 0.29) is 18.5 Å². The van der Waals surface area contributed by atoms with Crippen LogP contribution in [0.1, 0.15) is 54.7 Å². The van der Waals surface area contributed by atoms with Crippen LogP contribution in [0.15, 0.2) is 36.5 Å². The highest BCUT2D eigenvalue weighted by Gasteiger charge is 2.24. The number of hydrogen-bond acceptors (Lipinski definition) is 4. The van der Waals surface area contributed by atoms with Crippen LogP contribution < -0.4 is 10.1 Å². The second-order valence-electron chi connectivity index (χ2n) is 7.13. The average molecular weight is 385 g/mol. The molecule has 1 aliphatic rings. The molecule has 0 bridgehead atoms. The number of benzene rings is 1. The Bertz CT molecular complexity index is 794. The molecule has 3 rings (SSSR count). The molecule has 2 N–H and O–H groups in total. The van der Waals surface area contributed by atoms with Gasteiger partial charge in [0.2, 0.25) is 0 Å². The monoisotopic (exact) mass is 385 g/mol. The first-order valence-corrected chi connectivity index (χ1v) is 9.84. The van der Waals surface area contributed by atoms with Crippen LogP contribution in [0, 0.1) is 5.92 Å². The summed E-state index contributed by atoms with van der Waals surface area (Å²) in [5.74, 6) is -1.16. The van der Waals surface area contributed by atoms with Crippen LogP contribution in [0.25, 0.3) is 0 Å². The molecule has 1 fully saturated rings. The molecule has 0 saturated heterocycles. The third-order valence-electron chi connectivity index (χ3n) is 5.15. The van der Waals surface area contributed by atoms with Crippen molar-refractivity contribution in [3.63, 3.8) is 0 Å². The number of aromatic nitrogens is 2. The van der Waals surface area contributed by atoms with Gasteiger partial charge in [-0.1, -0.05) is 25.0 Å². The lowest BCUT2D eigenvalue weighted by Crippen LogP contribution is -2.35. The maximum atomic E-state index is 12.6. The lowest BCUT2D eigenvalue weighted by molar-refractivity contribution is -0.141. The van der Waals surface area contributed by atoms with Crippen LogP contribution in [-0.4, -0.2) is 39.9 Å². The van der Waals surface area contributed by atoms with E-state index in [1.165, 1.54) is 0 Å². The number of rotatable bonds is 9. The van der Waals surface area contributed by atoms with Gasteiger partial charge < -0.3 is 15.2 Å². The number of carboxylic acid groups (broad SMARTS) is 1. The first kappa shape index (κ1) is 19.9. The van der Waals surface area contributed by atoms with Crippen LogP contribution in [0.2, 0.25) is 0 Å². The molecule has 1 aromatic carbocycles. The summed E-state index contributed by atoms with van der Waals surface area (Å²) in [6, 6.07) is 9.33. The predicted molar refractivity (Wildman–Crippen MR) is 105 cm³/mol. The number of aliphatic carboxylic acids is 1. The lowest BCUT2D eigenvalue weighted by atomic mass is 9.99. The molecule has 28 heavy (non-hydrogen) atoms. The highest BCUT2D eigenvalue weighted by atomic mass is 16.5. The standard InChI is InChI=1S/C21H27N3O4/c1-2-28-18-9-7-15(8-10-18)13-16(21(26)27)14-22-20(25)19-11-12-23-24(19)17-5-3-4-6-17/h7-12,16-17H,2-6,13-14H2,1H3,(H,22,25)(H,26,27). The fraction of sp³-hybridized carbons (Fsp3) is 0.476. The minimum absolute atomic E-state index is 0.0667. The second kappa shape index (κ2) is 9.39. The Morgan fingerprint density at radius 3 is 2.61 bits per heavy atom. The zero-order valence-electron chi connectivity index (χ0n) is 16.1. The van der Waals surface area contributed by atoms with E-state index in [4.69, 9.17) is 4.74 Å². The highest BCUT2D eigenvalue weighted by molar-refractivity contribution is 5.92. The third-order valence-corrected chi connectivity index (χ3v) is 5.15. The Hall–Kier alpha value is -2.83. The quantitative estimate of drug-likeness (QED) is 0.692. The number of carbonyl (C=O) groups is 2. The maximum absolute atomic E-state index is 12.6. The normalized spacial score (nSPS) is 15.3. The van der Waals surface area contributed by atoms with Crippen LogP contribution >= 0.6 is 0 Å². The van der Waals surface area contributed by atoms with Crippen molar-refractivity contribution in [3.8, 4) is 5.75 Å². The van der Waals surface area contributed by atoms with Gasteiger partial charge in [-0.2, -0.15) is 5.10 Å². The first-order valence-electron chi connectivity index (χ1n) is 9.84. The summed E-state index contributed by atoms with van der Waals surface area (Å²) in [7, 11) is 0. The number of amides is 1. The fourth-order valence-electron chi connectivity index (χ4n) is 3.66. The van der Waals surface area contributed by atoms with Gasteiger partial charge in [0.05, 0.1) is 18.6 Å². The number of ether oxygens (including phenoxy) is 1. The fourth-order valence-corrected chi connectivity index (χ4v) is 3.66. The number of carboxylic acids is 1. The summed E-state index contributed by atoms with van der Waals surface area (Å²) in [6.07, 6.45) is 6.31. The van der Waals surface area contributed by atoms with E-state index in [0.29, 0.717) is 18.7 Å². The van der Waals surface area contributed by atoms with Crippen molar-refractivity contribution in [2.24, 2.45) is 5.92 Å². The van der Waals surface area contributed by atoms with Gasteiger partial charge in [0.15, 0.2) is 0 Å². The zero-order valence-corrected chi connectivity index (χ0v) is 16.1. The van der Waals surface area contributed by atoms with E-state index < -0.39 is 11.9 Å². The number of hydrogen-bond donors (Lipinski definition) is 2. The summed E-state index contributed by atoms with van der Waals surface area (Å²) >= 11 is 0. The molecule has 1 aromatic heterocycles. The largest absolute Gasteiger partial charge is 0.494 e. The molecule has 1 atom stereocenters. The van der Waals surface area contributed by atoms with E-state index in [0.717, 1.165) is 37.0 Å². The van der Waals surface area contributed by atoms with Gasteiger partial charge in [0.25, 0.3) is 5.91 Å². The molecular weight excluding hydrogens is 358 g/mol. The predicted octanol–water partition coefficient (Wildman–Crippen LogP) is 3.07. The molecule has 2 aromatic rings. The highest BCUT2D eigenvalue weighted by Crippen LogP contribution is 2.29. The topological polar surface area (TPSA) is 93.5 Å². The number of nitrogens with zero attached hydrogens (tertiary/aromatic N) is 2. The second-order valence-corrected chi connectivity index (χ2v) is 7.13. The smallest absolute Gasteiger partial charge is 0.308 e. The van der Waals surface area contributed by atoms with E-state index in [2.05, 4.69) is 10.4 Å². The molecule has 7 heteroatoms. The van der Waals surface area contributed by atoms with E-state index in [9.17, 15) is 14.7 Å². The van der Waals surface area contributed by atoms with Gasteiger partial charge in [0.1, 0.15) is 11.4 Å². The van der Waals surface area contributed by atoms with Crippen molar-refractivity contribution < 1.29 is 19.4 Å². The Kier molecular flexibility index (Phi) is 6.68. The van der Waals surface area contributed by atoms with Crippen molar-refractivity contribution >= 4 is 11.9 Å². The molecule has 1 amide bonds. The molecule has 150 valence electrons. The molecule has 1 unspecified atom stereocenters. The molecule has 7 nitrogen and oxygen atoms in total. The summed E-state index contributed by atoms with van der Waals surface area (Å²) < 4.78 is 7.19. The number of carbonyl (C=O) groups excluding carboxylic acids is 1. The molecular formula is C21H27N3O4. The summed E-state index contributed by atoms with van der Waals surface area (Å²) in [6.45, 7) is 2.56. The minimum atomic E-state index is -0.932. The van der Waals surface area contributed by atoms with Gasteiger partial charge in [0, 0.05) is 12.7 Å².